The fraction of sp³-hybridized carbons (Fsp3) is 0.333. The molecule has 0 bridgehead atoms. The Balaban J connectivity index is 1.68. The first-order valence-electron chi connectivity index (χ1n) is 8.35. The molecule has 0 saturated carbocycles. The second kappa shape index (κ2) is 8.11. The van der Waals surface area contributed by atoms with Crippen molar-refractivity contribution in [2.24, 2.45) is 10.2 Å². The zero-order valence-corrected chi connectivity index (χ0v) is 16.6. The number of nitrogens with zero attached hydrogens (tertiary/aromatic N) is 2. The Hall–Kier alpha value is -2.46. The van der Waals surface area contributed by atoms with Gasteiger partial charge in [0.2, 0.25) is 5.91 Å². The van der Waals surface area contributed by atoms with Crippen molar-refractivity contribution in [1.82, 2.24) is 5.32 Å². The summed E-state index contributed by atoms with van der Waals surface area (Å²) in [5.41, 5.74) is -2.07. The quantitative estimate of drug-likeness (QED) is 0.653. The van der Waals surface area contributed by atoms with Gasteiger partial charge in [0.1, 0.15) is 6.04 Å². The van der Waals surface area contributed by atoms with Crippen molar-refractivity contribution in [3.63, 3.8) is 0 Å². The number of ether oxygens (including phenoxy) is 1. The average Bonchev–Trinajstić information content (AvgIpc) is 3.40. The number of thiophene rings is 1. The first-order valence-corrected chi connectivity index (χ1v) is 9.61. The van der Waals surface area contributed by atoms with Crippen LogP contribution < -0.4 is 5.32 Å². The Kier molecular flexibility index (Phi) is 5.95. The highest BCUT2D eigenvalue weighted by Crippen LogP contribution is 2.52. The molecule has 1 aromatic heterocycles. The van der Waals surface area contributed by atoms with Gasteiger partial charge in [-0.2, -0.15) is 13.2 Å². The molecule has 3 rings (SSSR count). The molecule has 1 N–H and O–H groups in total. The zero-order chi connectivity index (χ0) is 21.2. The van der Waals surface area contributed by atoms with E-state index >= 15 is 0 Å². The summed E-state index contributed by atoms with van der Waals surface area (Å²) in [4.78, 5) is 25.0. The smallest absolute Gasteiger partial charge is 0.442 e. The lowest BCUT2D eigenvalue weighted by Crippen LogP contribution is -2.43. The molecular formula is C18H15ClF3N3O3S. The Morgan fingerprint density at radius 1 is 1.24 bits per heavy atom. The van der Waals surface area contributed by atoms with Crippen molar-refractivity contribution in [3.8, 4) is 0 Å². The molecule has 2 heterocycles. The van der Waals surface area contributed by atoms with E-state index in [-0.39, 0.29) is 18.4 Å². The molecule has 6 nitrogen and oxygen atoms in total. The van der Waals surface area contributed by atoms with E-state index < -0.39 is 29.8 Å². The molecule has 2 aromatic rings. The Morgan fingerprint density at radius 3 is 2.38 bits per heavy atom. The SMILES string of the molecule is COC(=O)C(Cc1ccc(C2(C(F)(F)F)N=N2)cc1)NC(=O)Cc1sccc1Cl. The van der Waals surface area contributed by atoms with Crippen molar-refractivity contribution in [2.75, 3.05) is 7.11 Å². The number of methoxy groups -OCH3 is 1. The highest BCUT2D eigenvalue weighted by molar-refractivity contribution is 7.10. The number of esters is 1. The molecule has 0 aliphatic carbocycles. The van der Waals surface area contributed by atoms with Gasteiger partial charge < -0.3 is 10.1 Å². The predicted molar refractivity (Wildman–Crippen MR) is 99.7 cm³/mol. The van der Waals surface area contributed by atoms with Crippen LogP contribution in [0.25, 0.3) is 0 Å². The van der Waals surface area contributed by atoms with Gasteiger partial charge in [0.15, 0.2) is 0 Å². The Labute approximate surface area is 172 Å². The summed E-state index contributed by atoms with van der Waals surface area (Å²) in [5.74, 6) is -1.09. The van der Waals surface area contributed by atoms with Crippen LogP contribution in [0, 0.1) is 0 Å². The van der Waals surface area contributed by atoms with Crippen LogP contribution in [-0.4, -0.2) is 31.2 Å². The summed E-state index contributed by atoms with van der Waals surface area (Å²) in [6.45, 7) is 0. The van der Waals surface area contributed by atoms with Crippen LogP contribution in [-0.2, 0) is 32.8 Å². The molecule has 11 heteroatoms. The number of nitrogens with one attached hydrogen (secondary N) is 1. The zero-order valence-electron chi connectivity index (χ0n) is 15.0. The van der Waals surface area contributed by atoms with Crippen LogP contribution in [0.15, 0.2) is 45.9 Å². The van der Waals surface area contributed by atoms with E-state index in [4.69, 9.17) is 16.3 Å². The minimum absolute atomic E-state index is 0.0000427. The Morgan fingerprint density at radius 2 is 1.90 bits per heavy atom. The normalized spacial score (nSPS) is 15.6. The van der Waals surface area contributed by atoms with E-state index in [2.05, 4.69) is 15.5 Å². The average molecular weight is 446 g/mol. The fourth-order valence-electron chi connectivity index (χ4n) is 2.73. The first kappa shape index (κ1) is 21.3. The van der Waals surface area contributed by atoms with Crippen LogP contribution in [0.4, 0.5) is 13.2 Å². The van der Waals surface area contributed by atoms with Gasteiger partial charge in [-0.05, 0) is 17.0 Å². The summed E-state index contributed by atoms with van der Waals surface area (Å²) in [7, 11) is 1.18. The van der Waals surface area contributed by atoms with E-state index in [1.54, 1.807) is 11.4 Å². The lowest BCUT2D eigenvalue weighted by molar-refractivity contribution is -0.166. The molecule has 1 aliphatic heterocycles. The van der Waals surface area contributed by atoms with Gasteiger partial charge in [0, 0.05) is 16.9 Å². The molecular weight excluding hydrogens is 431 g/mol. The highest BCUT2D eigenvalue weighted by Gasteiger charge is 2.65. The van der Waals surface area contributed by atoms with Gasteiger partial charge in [-0.3, -0.25) is 4.79 Å². The summed E-state index contributed by atoms with van der Waals surface area (Å²) in [5, 5.41) is 11.1. The number of carbonyl (C=O) groups is 2. The molecule has 0 saturated heterocycles. The Bertz CT molecular complexity index is 938. The highest BCUT2D eigenvalue weighted by atomic mass is 35.5. The summed E-state index contributed by atoms with van der Waals surface area (Å²) in [6.07, 6.45) is -4.57. The molecule has 1 amide bonds. The molecule has 1 aliphatic rings. The van der Waals surface area contributed by atoms with Crippen LogP contribution in [0.1, 0.15) is 16.0 Å². The largest absolute Gasteiger partial charge is 0.467 e. The number of amides is 1. The van der Waals surface area contributed by atoms with Crippen molar-refractivity contribution in [2.45, 2.75) is 30.7 Å². The predicted octanol–water partition coefficient (Wildman–Crippen LogP) is 4.03. The number of hydrogen-bond donors (Lipinski definition) is 1. The van der Waals surface area contributed by atoms with E-state index in [0.29, 0.717) is 15.5 Å². The topological polar surface area (TPSA) is 80.1 Å². The van der Waals surface area contributed by atoms with Crippen LogP contribution in [0.2, 0.25) is 5.02 Å². The van der Waals surface area contributed by atoms with E-state index in [1.165, 1.54) is 42.7 Å². The number of rotatable bonds is 7. The van der Waals surface area contributed by atoms with E-state index in [9.17, 15) is 22.8 Å². The second-order valence-corrected chi connectivity index (χ2v) is 7.69. The van der Waals surface area contributed by atoms with Gasteiger partial charge in [-0.25, -0.2) is 4.79 Å². The van der Waals surface area contributed by atoms with Gasteiger partial charge in [-0.1, -0.05) is 35.9 Å². The maximum Gasteiger partial charge on any atom is 0.442 e. The standard InChI is InChI=1S/C18H15ClF3N3O3S/c1-28-16(27)13(23-15(26)9-14-12(19)6-7-29-14)8-10-2-4-11(5-3-10)17(24-25-17)18(20,21)22/h2-7,13H,8-9H2,1H3,(H,23,26). The molecule has 0 radical (unpaired) electrons. The second-order valence-electron chi connectivity index (χ2n) is 6.28. The number of alkyl halides is 3. The molecule has 154 valence electrons. The molecule has 29 heavy (non-hydrogen) atoms. The minimum Gasteiger partial charge on any atom is -0.467 e. The third kappa shape index (κ3) is 4.59. The van der Waals surface area contributed by atoms with Gasteiger partial charge in [0.25, 0.3) is 0 Å². The lowest BCUT2D eigenvalue weighted by Gasteiger charge is -2.18. The van der Waals surface area contributed by atoms with Crippen molar-refractivity contribution in [3.05, 3.63) is 56.7 Å². The van der Waals surface area contributed by atoms with E-state index in [1.807, 2.05) is 0 Å². The molecule has 0 spiro atoms. The number of halogens is 4. The number of hydrogen-bond acceptors (Lipinski definition) is 6. The lowest BCUT2D eigenvalue weighted by atomic mass is 9.98. The monoisotopic (exact) mass is 445 g/mol. The first-order chi connectivity index (χ1) is 13.7. The number of carbonyl (C=O) groups excluding carboxylic acids is 2. The summed E-state index contributed by atoms with van der Waals surface area (Å²) >= 11 is 7.29. The van der Waals surface area contributed by atoms with Crippen molar-refractivity contribution in [1.29, 1.82) is 0 Å². The van der Waals surface area contributed by atoms with Gasteiger partial charge in [0.05, 0.1) is 18.6 Å². The maximum absolute atomic E-state index is 13.1. The third-order valence-electron chi connectivity index (χ3n) is 4.32. The van der Waals surface area contributed by atoms with Gasteiger partial charge >= 0.3 is 17.8 Å². The summed E-state index contributed by atoms with van der Waals surface area (Å²) in [6, 6.07) is 6.05. The molecule has 1 aromatic carbocycles. The number of benzene rings is 1. The minimum atomic E-state index is -4.61. The third-order valence-corrected chi connectivity index (χ3v) is 5.71. The van der Waals surface area contributed by atoms with Crippen molar-refractivity contribution >= 4 is 34.8 Å². The fourth-order valence-corrected chi connectivity index (χ4v) is 3.83. The van der Waals surface area contributed by atoms with Crippen molar-refractivity contribution < 1.29 is 27.5 Å². The van der Waals surface area contributed by atoms with Crippen LogP contribution >= 0.6 is 22.9 Å². The van der Waals surface area contributed by atoms with Gasteiger partial charge in [-0.15, -0.1) is 21.6 Å². The van der Waals surface area contributed by atoms with Crippen LogP contribution in [0.5, 0.6) is 0 Å². The molecule has 1 unspecified atom stereocenters. The van der Waals surface area contributed by atoms with E-state index in [0.717, 1.165) is 0 Å². The summed E-state index contributed by atoms with van der Waals surface area (Å²) < 4.78 is 43.9. The molecule has 0 fully saturated rings. The maximum atomic E-state index is 13.1. The van der Waals surface area contributed by atoms with Crippen LogP contribution in [0.3, 0.4) is 0 Å². The molecule has 1 atom stereocenters.